The summed E-state index contributed by atoms with van der Waals surface area (Å²) < 4.78 is 7.50. The molecular weight excluding hydrogens is 524 g/mol. The fourth-order valence-electron chi connectivity index (χ4n) is 4.80. The Morgan fingerprint density at radius 3 is 2.32 bits per heavy atom. The topological polar surface area (TPSA) is 116 Å². The van der Waals surface area contributed by atoms with Crippen molar-refractivity contribution in [3.05, 3.63) is 31.9 Å². The molecule has 0 bridgehead atoms. The molecule has 3 rings (SSSR count). The van der Waals surface area contributed by atoms with Gasteiger partial charge in [-0.05, 0) is 31.4 Å². The van der Waals surface area contributed by atoms with Crippen LogP contribution in [0.1, 0.15) is 74.5 Å². The first-order valence-corrected chi connectivity index (χ1v) is 14.4. The molecule has 11 heteroatoms. The highest BCUT2D eigenvalue weighted by molar-refractivity contribution is 8.26. The molecule has 1 aromatic rings. The van der Waals surface area contributed by atoms with Gasteiger partial charge in [0.15, 0.2) is 0 Å². The number of anilines is 1. The summed E-state index contributed by atoms with van der Waals surface area (Å²) in [6.07, 6.45) is 9.89. The molecule has 2 aliphatic rings. The lowest BCUT2D eigenvalue weighted by Crippen LogP contribution is -2.40. The first-order valence-electron chi connectivity index (χ1n) is 13.2. The second kappa shape index (κ2) is 14.5. The Labute approximate surface area is 233 Å². The van der Waals surface area contributed by atoms with Crippen LogP contribution in [0.5, 0.6) is 0 Å². The van der Waals surface area contributed by atoms with Crippen molar-refractivity contribution >= 4 is 52.1 Å². The Morgan fingerprint density at radius 2 is 1.71 bits per heavy atom. The number of thiocarbonyl (C=S) groups is 1. The highest BCUT2D eigenvalue weighted by atomic mass is 32.2. The van der Waals surface area contributed by atoms with Crippen LogP contribution in [-0.2, 0) is 21.4 Å². The number of aromatic nitrogens is 1. The van der Waals surface area contributed by atoms with Crippen molar-refractivity contribution in [2.75, 3.05) is 37.7 Å². The van der Waals surface area contributed by atoms with Gasteiger partial charge in [-0.2, -0.15) is 5.26 Å². The fraction of sp³-hybridized carbons (Fsp3) is 0.593. The molecule has 2 fully saturated rings. The molecule has 2 saturated heterocycles. The predicted molar refractivity (Wildman–Crippen MR) is 153 cm³/mol. The van der Waals surface area contributed by atoms with Crippen molar-refractivity contribution in [2.24, 2.45) is 7.05 Å². The van der Waals surface area contributed by atoms with E-state index in [1.807, 2.05) is 6.07 Å². The SMILES string of the molecule is Cc1c(/C=C2\SC(=S)N(CCCCCCCCCCC(=O)O)C2=O)c(N2CCOCC2)n(C)c(=O)c1C#N. The first-order chi connectivity index (χ1) is 18.3. The summed E-state index contributed by atoms with van der Waals surface area (Å²) in [5.74, 6) is -0.189. The van der Waals surface area contributed by atoms with Crippen LogP contribution in [-0.4, -0.2) is 63.6 Å². The number of pyridine rings is 1. The van der Waals surface area contributed by atoms with E-state index in [2.05, 4.69) is 4.90 Å². The number of hydrogen-bond donors (Lipinski definition) is 1. The highest BCUT2D eigenvalue weighted by Crippen LogP contribution is 2.36. The molecule has 0 spiro atoms. The van der Waals surface area contributed by atoms with E-state index in [0.717, 1.165) is 51.4 Å². The number of rotatable bonds is 13. The van der Waals surface area contributed by atoms with Crippen LogP contribution < -0.4 is 10.5 Å². The quantitative estimate of drug-likeness (QED) is 0.215. The number of unbranched alkanes of at least 4 members (excludes halogenated alkanes) is 7. The number of thioether (sulfide) groups is 1. The molecule has 1 amide bonds. The second-order valence-corrected chi connectivity index (χ2v) is 11.3. The van der Waals surface area contributed by atoms with Crippen molar-refractivity contribution < 1.29 is 19.4 Å². The van der Waals surface area contributed by atoms with Crippen molar-refractivity contribution in [3.8, 4) is 6.07 Å². The smallest absolute Gasteiger partial charge is 0.303 e. The third kappa shape index (κ3) is 7.46. The van der Waals surface area contributed by atoms with Gasteiger partial charge in [0.2, 0.25) is 0 Å². The first kappa shape index (κ1) is 29.9. The molecule has 1 aromatic heterocycles. The number of ether oxygens (including phenoxy) is 1. The monoisotopic (exact) mass is 560 g/mol. The molecule has 0 atom stereocenters. The summed E-state index contributed by atoms with van der Waals surface area (Å²) >= 11 is 6.79. The van der Waals surface area contributed by atoms with E-state index in [1.165, 1.54) is 16.3 Å². The van der Waals surface area contributed by atoms with Gasteiger partial charge in [0.05, 0.1) is 18.1 Å². The van der Waals surface area contributed by atoms with Gasteiger partial charge in [-0.15, -0.1) is 0 Å². The Balaban J connectivity index is 1.64. The van der Waals surface area contributed by atoms with E-state index in [-0.39, 0.29) is 23.5 Å². The van der Waals surface area contributed by atoms with Crippen molar-refractivity contribution in [1.29, 1.82) is 5.26 Å². The summed E-state index contributed by atoms with van der Waals surface area (Å²) in [5, 5.41) is 18.3. The molecule has 206 valence electrons. The Bertz CT molecular complexity index is 1180. The number of nitriles is 1. The summed E-state index contributed by atoms with van der Waals surface area (Å²) in [7, 11) is 1.66. The minimum Gasteiger partial charge on any atom is -0.481 e. The van der Waals surface area contributed by atoms with Crippen LogP contribution >= 0.6 is 24.0 Å². The molecule has 9 nitrogen and oxygen atoms in total. The lowest BCUT2D eigenvalue weighted by atomic mass is 10.0. The van der Waals surface area contributed by atoms with Crippen LogP contribution in [0.25, 0.3) is 6.08 Å². The predicted octanol–water partition coefficient (Wildman–Crippen LogP) is 4.20. The van der Waals surface area contributed by atoms with Gasteiger partial charge in [-0.1, -0.05) is 62.5 Å². The van der Waals surface area contributed by atoms with E-state index in [4.69, 9.17) is 22.1 Å². The number of aliphatic carboxylic acids is 1. The number of carboxylic acids is 1. The maximum absolute atomic E-state index is 13.3. The maximum atomic E-state index is 13.3. The average molecular weight is 561 g/mol. The minimum atomic E-state index is -0.732. The zero-order chi connectivity index (χ0) is 27.7. The van der Waals surface area contributed by atoms with Gasteiger partial charge >= 0.3 is 5.97 Å². The molecule has 0 aromatic carbocycles. The molecular formula is C27H36N4O5S2. The Hall–Kier alpha value is -2.68. The zero-order valence-electron chi connectivity index (χ0n) is 22.2. The van der Waals surface area contributed by atoms with E-state index in [0.29, 0.717) is 59.0 Å². The Morgan fingerprint density at radius 1 is 1.11 bits per heavy atom. The van der Waals surface area contributed by atoms with E-state index < -0.39 is 5.97 Å². The van der Waals surface area contributed by atoms with Gasteiger partial charge in [-0.25, -0.2) is 0 Å². The standard InChI is InChI=1S/C27H36N4O5S2/c1-19-20(24(30-13-15-36-16-14-30)29(2)25(34)21(19)18-28)17-22-26(35)31(27(37)38-22)12-10-8-6-4-3-5-7-9-11-23(32)33/h17H,3-16H2,1-2H3,(H,32,33)/b22-17-. The minimum absolute atomic E-state index is 0.0770. The summed E-state index contributed by atoms with van der Waals surface area (Å²) in [4.78, 5) is 40.9. The van der Waals surface area contributed by atoms with E-state index in [9.17, 15) is 19.6 Å². The van der Waals surface area contributed by atoms with Gasteiger partial charge < -0.3 is 14.7 Å². The number of hydrogen-bond acceptors (Lipinski definition) is 8. The van der Waals surface area contributed by atoms with E-state index in [1.54, 1.807) is 24.9 Å². The number of amides is 1. The second-order valence-electron chi connectivity index (χ2n) is 9.62. The molecule has 2 aliphatic heterocycles. The maximum Gasteiger partial charge on any atom is 0.303 e. The largest absolute Gasteiger partial charge is 0.481 e. The van der Waals surface area contributed by atoms with Gasteiger partial charge in [0.25, 0.3) is 11.5 Å². The Kier molecular flexibility index (Phi) is 11.4. The summed E-state index contributed by atoms with van der Waals surface area (Å²) in [5.41, 5.74) is 0.976. The van der Waals surface area contributed by atoms with Gasteiger partial charge in [0, 0.05) is 38.7 Å². The van der Waals surface area contributed by atoms with Crippen molar-refractivity contribution in [2.45, 2.75) is 64.7 Å². The highest BCUT2D eigenvalue weighted by Gasteiger charge is 2.33. The summed E-state index contributed by atoms with van der Waals surface area (Å²) in [6.45, 7) is 4.62. The van der Waals surface area contributed by atoms with Crippen LogP contribution in [0.2, 0.25) is 0 Å². The van der Waals surface area contributed by atoms with Crippen LogP contribution in [0.3, 0.4) is 0 Å². The number of carbonyl (C=O) groups excluding carboxylic acids is 1. The fourth-order valence-corrected chi connectivity index (χ4v) is 6.09. The molecule has 0 saturated carbocycles. The van der Waals surface area contributed by atoms with Gasteiger partial charge in [-0.3, -0.25) is 23.9 Å². The van der Waals surface area contributed by atoms with Crippen LogP contribution in [0, 0.1) is 18.3 Å². The number of carbonyl (C=O) groups is 2. The third-order valence-corrected chi connectivity index (χ3v) is 8.33. The van der Waals surface area contributed by atoms with Gasteiger partial charge in [0.1, 0.15) is 21.8 Å². The van der Waals surface area contributed by atoms with Crippen molar-refractivity contribution in [3.63, 3.8) is 0 Å². The molecule has 0 radical (unpaired) electrons. The lowest BCUT2D eigenvalue weighted by molar-refractivity contribution is -0.137. The number of morpholine rings is 1. The average Bonchev–Trinajstić information content (AvgIpc) is 3.16. The lowest BCUT2D eigenvalue weighted by Gasteiger charge is -2.32. The normalized spacial score (nSPS) is 16.9. The third-order valence-electron chi connectivity index (χ3n) is 6.95. The van der Waals surface area contributed by atoms with Crippen molar-refractivity contribution in [1.82, 2.24) is 9.47 Å². The number of carboxylic acid groups (broad SMARTS) is 1. The van der Waals surface area contributed by atoms with E-state index >= 15 is 0 Å². The van der Waals surface area contributed by atoms with Crippen LogP contribution in [0.15, 0.2) is 9.70 Å². The van der Waals surface area contributed by atoms with Crippen LogP contribution in [0.4, 0.5) is 5.82 Å². The molecule has 0 unspecified atom stereocenters. The number of nitrogens with zero attached hydrogens (tertiary/aromatic N) is 4. The molecule has 1 N–H and O–H groups in total. The summed E-state index contributed by atoms with van der Waals surface area (Å²) in [6, 6.07) is 2.03. The molecule has 0 aliphatic carbocycles. The molecule has 38 heavy (non-hydrogen) atoms. The zero-order valence-corrected chi connectivity index (χ0v) is 23.8. The molecule has 3 heterocycles.